The summed E-state index contributed by atoms with van der Waals surface area (Å²) in [6, 6.07) is 13.0. The first-order valence-corrected chi connectivity index (χ1v) is 12.3. The predicted molar refractivity (Wildman–Crippen MR) is 138 cm³/mol. The number of hydrogen-bond acceptors (Lipinski definition) is 8. The molecule has 9 nitrogen and oxygen atoms in total. The molecule has 0 radical (unpaired) electrons. The minimum atomic E-state index is -0.259. The van der Waals surface area contributed by atoms with Crippen LogP contribution in [0.2, 0.25) is 0 Å². The molecular weight excluding hydrogens is 460 g/mol. The smallest absolute Gasteiger partial charge is 0.306 e. The number of piperazine rings is 1. The minimum absolute atomic E-state index is 0.0264. The summed E-state index contributed by atoms with van der Waals surface area (Å²) < 4.78 is 15.9. The van der Waals surface area contributed by atoms with Crippen LogP contribution in [0.15, 0.2) is 47.6 Å². The monoisotopic (exact) mass is 494 g/mol. The van der Waals surface area contributed by atoms with Crippen LogP contribution in [0.5, 0.6) is 5.75 Å². The van der Waals surface area contributed by atoms with Crippen LogP contribution < -0.4 is 10.1 Å². The number of anilines is 1. The molecule has 0 bridgehead atoms. The third kappa shape index (κ3) is 7.29. The third-order valence-corrected chi connectivity index (χ3v) is 6.33. The van der Waals surface area contributed by atoms with Crippen LogP contribution >= 0.6 is 0 Å². The van der Waals surface area contributed by atoms with Crippen molar-refractivity contribution in [2.24, 2.45) is 11.0 Å². The van der Waals surface area contributed by atoms with E-state index >= 15 is 0 Å². The standard InChI is InChI=1S/C27H34N4O5/c1-30-9-11-31(12-10-30)28-18-20-3-5-22(6-4-20)27(33)29-24-7-8-25-23(17-24)15-21(19-36-25)16-26(32)35-14-13-34-2/h3-8,17-18,21H,9-16,19H2,1-2H3,(H,29,33). The van der Waals surface area contributed by atoms with Crippen molar-refractivity contribution in [3.63, 3.8) is 0 Å². The van der Waals surface area contributed by atoms with Crippen molar-refractivity contribution in [1.82, 2.24) is 9.91 Å². The molecular formula is C27H34N4O5. The van der Waals surface area contributed by atoms with E-state index in [1.54, 1.807) is 19.2 Å². The van der Waals surface area contributed by atoms with Crippen LogP contribution in [0.25, 0.3) is 0 Å². The number of rotatable bonds is 9. The summed E-state index contributed by atoms with van der Waals surface area (Å²) in [4.78, 5) is 27.1. The molecule has 2 heterocycles. The molecule has 1 fully saturated rings. The van der Waals surface area contributed by atoms with Gasteiger partial charge in [0, 0.05) is 50.5 Å². The molecule has 36 heavy (non-hydrogen) atoms. The summed E-state index contributed by atoms with van der Waals surface area (Å²) in [5.41, 5.74) is 3.16. The number of amides is 1. The largest absolute Gasteiger partial charge is 0.493 e. The van der Waals surface area contributed by atoms with E-state index in [1.165, 1.54) is 0 Å². The van der Waals surface area contributed by atoms with E-state index in [2.05, 4.69) is 27.4 Å². The van der Waals surface area contributed by atoms with Gasteiger partial charge in [0.05, 0.1) is 25.8 Å². The summed E-state index contributed by atoms with van der Waals surface area (Å²) in [5, 5.41) is 9.57. The Balaban J connectivity index is 1.30. The fourth-order valence-electron chi connectivity index (χ4n) is 4.18. The average molecular weight is 495 g/mol. The molecule has 1 saturated heterocycles. The normalized spacial score (nSPS) is 17.9. The van der Waals surface area contributed by atoms with Gasteiger partial charge < -0.3 is 24.4 Å². The van der Waals surface area contributed by atoms with Gasteiger partial charge in [-0.25, -0.2) is 0 Å². The van der Waals surface area contributed by atoms with E-state index in [4.69, 9.17) is 14.2 Å². The van der Waals surface area contributed by atoms with Gasteiger partial charge in [-0.1, -0.05) is 12.1 Å². The van der Waals surface area contributed by atoms with E-state index in [1.807, 2.05) is 36.5 Å². The molecule has 4 rings (SSSR count). The second kappa shape index (κ2) is 12.5. The van der Waals surface area contributed by atoms with Crippen LogP contribution in [0.3, 0.4) is 0 Å². The number of hydrazone groups is 1. The number of ether oxygens (including phenoxy) is 3. The lowest BCUT2D eigenvalue weighted by Crippen LogP contribution is -2.41. The fraction of sp³-hybridized carbons (Fsp3) is 0.444. The van der Waals surface area contributed by atoms with Crippen LogP contribution in [-0.2, 0) is 20.7 Å². The summed E-state index contributed by atoms with van der Waals surface area (Å²) in [6.45, 7) is 4.94. The zero-order chi connectivity index (χ0) is 25.3. The first-order valence-electron chi connectivity index (χ1n) is 12.3. The summed E-state index contributed by atoms with van der Waals surface area (Å²) >= 11 is 0. The van der Waals surface area contributed by atoms with E-state index in [-0.39, 0.29) is 30.8 Å². The maximum absolute atomic E-state index is 12.8. The number of carbonyl (C=O) groups excluding carboxylic acids is 2. The molecule has 9 heteroatoms. The van der Waals surface area contributed by atoms with Crippen molar-refractivity contribution in [2.75, 3.05) is 65.5 Å². The molecule has 0 spiro atoms. The zero-order valence-electron chi connectivity index (χ0n) is 20.9. The fourth-order valence-corrected chi connectivity index (χ4v) is 4.18. The first kappa shape index (κ1) is 25.7. The Hall–Kier alpha value is -3.43. The van der Waals surface area contributed by atoms with Crippen molar-refractivity contribution in [3.8, 4) is 5.75 Å². The molecule has 2 aliphatic rings. The highest BCUT2D eigenvalue weighted by Gasteiger charge is 2.23. The number of nitrogens with zero attached hydrogens (tertiary/aromatic N) is 3. The maximum Gasteiger partial charge on any atom is 0.306 e. The zero-order valence-corrected chi connectivity index (χ0v) is 20.9. The van der Waals surface area contributed by atoms with Crippen LogP contribution in [-0.4, -0.2) is 88.2 Å². The number of likely N-dealkylation sites (N-methyl/N-ethyl adjacent to an activating group) is 1. The van der Waals surface area contributed by atoms with E-state index in [0.29, 0.717) is 30.9 Å². The number of carbonyl (C=O) groups is 2. The third-order valence-electron chi connectivity index (χ3n) is 6.33. The summed E-state index contributed by atoms with van der Waals surface area (Å²) in [6.07, 6.45) is 2.80. The van der Waals surface area contributed by atoms with Gasteiger partial charge in [0.25, 0.3) is 5.91 Å². The lowest BCUT2D eigenvalue weighted by molar-refractivity contribution is -0.146. The Bertz CT molecular complexity index is 1060. The quantitative estimate of drug-likeness (QED) is 0.326. The van der Waals surface area contributed by atoms with Crippen molar-refractivity contribution in [2.45, 2.75) is 12.8 Å². The molecule has 0 aliphatic carbocycles. The molecule has 1 atom stereocenters. The molecule has 2 aromatic carbocycles. The molecule has 2 aliphatic heterocycles. The molecule has 0 aromatic heterocycles. The van der Waals surface area contributed by atoms with Crippen molar-refractivity contribution < 1.29 is 23.8 Å². The predicted octanol–water partition coefficient (Wildman–Crippen LogP) is 2.65. The molecule has 1 unspecified atom stereocenters. The van der Waals surface area contributed by atoms with Gasteiger partial charge in [0.15, 0.2) is 0 Å². The molecule has 1 N–H and O–H groups in total. The number of esters is 1. The summed E-state index contributed by atoms with van der Waals surface area (Å²) in [7, 11) is 3.68. The van der Waals surface area contributed by atoms with Crippen LogP contribution in [0.4, 0.5) is 5.69 Å². The van der Waals surface area contributed by atoms with Gasteiger partial charge in [-0.15, -0.1) is 0 Å². The maximum atomic E-state index is 12.8. The van der Waals surface area contributed by atoms with Gasteiger partial charge in [-0.2, -0.15) is 5.10 Å². The molecule has 2 aromatic rings. The van der Waals surface area contributed by atoms with Crippen molar-refractivity contribution in [1.29, 1.82) is 0 Å². The Kier molecular flexibility index (Phi) is 8.91. The topological polar surface area (TPSA) is 92.7 Å². The van der Waals surface area contributed by atoms with Crippen LogP contribution in [0.1, 0.15) is 27.9 Å². The second-order valence-corrected chi connectivity index (χ2v) is 9.20. The van der Waals surface area contributed by atoms with E-state index < -0.39 is 0 Å². The van der Waals surface area contributed by atoms with Gasteiger partial charge in [0.2, 0.25) is 0 Å². The summed E-state index contributed by atoms with van der Waals surface area (Å²) in [5.74, 6) is 0.359. The van der Waals surface area contributed by atoms with Crippen LogP contribution in [0, 0.1) is 5.92 Å². The highest BCUT2D eigenvalue weighted by molar-refractivity contribution is 6.04. The Morgan fingerprint density at radius 1 is 1.11 bits per heavy atom. The molecule has 0 saturated carbocycles. The lowest BCUT2D eigenvalue weighted by Gasteiger charge is -2.30. The average Bonchev–Trinajstić information content (AvgIpc) is 2.88. The SMILES string of the molecule is COCCOC(=O)CC1COc2ccc(NC(=O)c3ccc(C=NN4CCN(C)CC4)cc3)cc2C1. The molecule has 1 amide bonds. The van der Waals surface area contributed by atoms with Crippen molar-refractivity contribution >= 4 is 23.8 Å². The van der Waals surface area contributed by atoms with E-state index in [0.717, 1.165) is 43.1 Å². The van der Waals surface area contributed by atoms with E-state index in [9.17, 15) is 9.59 Å². The van der Waals surface area contributed by atoms with Gasteiger partial charge in [0.1, 0.15) is 12.4 Å². The Morgan fingerprint density at radius 2 is 1.89 bits per heavy atom. The number of methoxy groups -OCH3 is 1. The highest BCUT2D eigenvalue weighted by atomic mass is 16.6. The highest BCUT2D eigenvalue weighted by Crippen LogP contribution is 2.31. The van der Waals surface area contributed by atoms with Gasteiger partial charge in [-0.3, -0.25) is 14.6 Å². The van der Waals surface area contributed by atoms with Gasteiger partial charge in [-0.05, 0) is 54.9 Å². The number of benzene rings is 2. The Morgan fingerprint density at radius 3 is 2.64 bits per heavy atom. The number of fused-ring (bicyclic) bond motifs is 1. The Labute approximate surface area is 212 Å². The van der Waals surface area contributed by atoms with Gasteiger partial charge >= 0.3 is 5.97 Å². The van der Waals surface area contributed by atoms with Crippen molar-refractivity contribution in [3.05, 3.63) is 59.2 Å². The molecule has 192 valence electrons. The minimum Gasteiger partial charge on any atom is -0.493 e. The second-order valence-electron chi connectivity index (χ2n) is 9.20. The number of nitrogens with one attached hydrogen (secondary N) is 1. The first-order chi connectivity index (χ1) is 17.5. The lowest BCUT2D eigenvalue weighted by atomic mass is 9.93. The number of hydrogen-bond donors (Lipinski definition) is 1.